The molecule has 1 nitrogen and oxygen atoms in total. The number of nitrogens with one attached hydrogen (secondary N) is 1. The van der Waals surface area contributed by atoms with Crippen molar-refractivity contribution in [2.45, 2.75) is 26.2 Å². The van der Waals surface area contributed by atoms with Crippen molar-refractivity contribution in [3.63, 3.8) is 0 Å². The van der Waals surface area contributed by atoms with E-state index in [0.717, 1.165) is 13.0 Å². The highest BCUT2D eigenvalue weighted by atomic mass is 19.1. The predicted octanol–water partition coefficient (Wildman–Crippen LogP) is 4.18. The Hall–Kier alpha value is -1.67. The van der Waals surface area contributed by atoms with Gasteiger partial charge in [0.05, 0.1) is 0 Å². The van der Waals surface area contributed by atoms with E-state index in [9.17, 15) is 4.39 Å². The molecule has 0 radical (unpaired) electrons. The van der Waals surface area contributed by atoms with Crippen LogP contribution in [0.1, 0.15) is 34.6 Å². The number of hydrogen-bond donors (Lipinski definition) is 1. The van der Waals surface area contributed by atoms with Gasteiger partial charge in [0.2, 0.25) is 0 Å². The number of hydrogen-bond acceptors (Lipinski definition) is 1. The Balaban J connectivity index is 2.35. The zero-order chi connectivity index (χ0) is 14.5. The molecule has 2 rings (SSSR count). The fourth-order valence-electron chi connectivity index (χ4n) is 2.50. The molecule has 1 atom stereocenters. The van der Waals surface area contributed by atoms with Crippen molar-refractivity contribution in [1.82, 2.24) is 5.32 Å². The maximum absolute atomic E-state index is 13.5. The zero-order valence-electron chi connectivity index (χ0n) is 12.4. The van der Waals surface area contributed by atoms with E-state index in [1.807, 2.05) is 26.1 Å². The molecule has 1 unspecified atom stereocenters. The summed E-state index contributed by atoms with van der Waals surface area (Å²) in [6, 6.07) is 14.1. The van der Waals surface area contributed by atoms with Gasteiger partial charge in [-0.15, -0.1) is 0 Å². The Kier molecular flexibility index (Phi) is 4.91. The molecule has 1 N–H and O–H groups in total. The van der Waals surface area contributed by atoms with Gasteiger partial charge in [-0.1, -0.05) is 42.0 Å². The maximum atomic E-state index is 13.5. The van der Waals surface area contributed by atoms with Gasteiger partial charge in [-0.05, 0) is 56.6 Å². The minimum atomic E-state index is -0.134. The molecule has 0 aliphatic heterocycles. The first-order valence-electron chi connectivity index (χ1n) is 7.09. The summed E-state index contributed by atoms with van der Waals surface area (Å²) in [6.45, 7) is 4.85. The first kappa shape index (κ1) is 14.7. The quantitative estimate of drug-likeness (QED) is 0.860. The minimum absolute atomic E-state index is 0.134. The molecule has 0 heterocycles. The van der Waals surface area contributed by atoms with Crippen LogP contribution in [-0.4, -0.2) is 13.6 Å². The van der Waals surface area contributed by atoms with Gasteiger partial charge in [-0.3, -0.25) is 0 Å². The Bertz CT molecular complexity index is 560. The molecule has 106 valence electrons. The molecule has 2 aromatic carbocycles. The van der Waals surface area contributed by atoms with Crippen LogP contribution in [0, 0.1) is 19.7 Å². The summed E-state index contributed by atoms with van der Waals surface area (Å²) in [5.74, 6) is 0.173. The van der Waals surface area contributed by atoms with E-state index in [1.54, 1.807) is 6.07 Å². The van der Waals surface area contributed by atoms with Crippen LogP contribution in [0.15, 0.2) is 42.5 Å². The molecule has 0 spiro atoms. The van der Waals surface area contributed by atoms with Gasteiger partial charge >= 0.3 is 0 Å². The average Bonchev–Trinajstić information content (AvgIpc) is 2.45. The first-order valence-corrected chi connectivity index (χ1v) is 7.09. The minimum Gasteiger partial charge on any atom is -0.320 e. The largest absolute Gasteiger partial charge is 0.320 e. The molecule has 20 heavy (non-hydrogen) atoms. The standard InChI is InChI=1S/C18H22FN/c1-13-4-6-15(7-5-13)17(10-11-20-3)16-8-9-18(19)14(2)12-16/h4-9,12,17,20H,10-11H2,1-3H3. The van der Waals surface area contributed by atoms with Gasteiger partial charge in [-0.25, -0.2) is 4.39 Å². The van der Waals surface area contributed by atoms with E-state index >= 15 is 0 Å². The van der Waals surface area contributed by atoms with Crippen molar-refractivity contribution in [1.29, 1.82) is 0 Å². The van der Waals surface area contributed by atoms with Crippen molar-refractivity contribution in [3.05, 3.63) is 70.5 Å². The summed E-state index contributed by atoms with van der Waals surface area (Å²) < 4.78 is 13.5. The van der Waals surface area contributed by atoms with Gasteiger partial charge in [-0.2, -0.15) is 0 Å². The summed E-state index contributed by atoms with van der Waals surface area (Å²) in [5.41, 5.74) is 4.44. The van der Waals surface area contributed by atoms with Crippen molar-refractivity contribution in [3.8, 4) is 0 Å². The molecular formula is C18H22FN. The average molecular weight is 271 g/mol. The van der Waals surface area contributed by atoms with Gasteiger partial charge in [0, 0.05) is 5.92 Å². The lowest BCUT2D eigenvalue weighted by atomic mass is 9.87. The molecule has 0 saturated carbocycles. The van der Waals surface area contributed by atoms with Gasteiger partial charge in [0.15, 0.2) is 0 Å². The Labute approximate surface area is 120 Å². The first-order chi connectivity index (χ1) is 9.61. The van der Waals surface area contributed by atoms with Crippen molar-refractivity contribution >= 4 is 0 Å². The monoisotopic (exact) mass is 271 g/mol. The smallest absolute Gasteiger partial charge is 0.126 e. The lowest BCUT2D eigenvalue weighted by Gasteiger charge is -2.19. The third-order valence-electron chi connectivity index (χ3n) is 3.75. The Morgan fingerprint density at radius 1 is 1.00 bits per heavy atom. The van der Waals surface area contributed by atoms with E-state index in [0.29, 0.717) is 11.5 Å². The van der Waals surface area contributed by atoms with E-state index in [-0.39, 0.29) is 5.82 Å². The fourth-order valence-corrected chi connectivity index (χ4v) is 2.50. The number of benzene rings is 2. The van der Waals surface area contributed by atoms with Gasteiger partial charge < -0.3 is 5.32 Å². The van der Waals surface area contributed by atoms with Crippen LogP contribution in [0.5, 0.6) is 0 Å². The number of rotatable bonds is 5. The highest BCUT2D eigenvalue weighted by Gasteiger charge is 2.14. The number of aryl methyl sites for hydroxylation is 2. The normalized spacial score (nSPS) is 12.4. The van der Waals surface area contributed by atoms with Crippen LogP contribution in [0.3, 0.4) is 0 Å². The molecule has 0 bridgehead atoms. The predicted molar refractivity (Wildman–Crippen MR) is 82.7 cm³/mol. The van der Waals surface area contributed by atoms with Crippen LogP contribution in [0.4, 0.5) is 4.39 Å². The summed E-state index contributed by atoms with van der Waals surface area (Å²) in [7, 11) is 1.96. The summed E-state index contributed by atoms with van der Waals surface area (Å²) in [6.07, 6.45) is 1.00. The second kappa shape index (κ2) is 6.67. The lowest BCUT2D eigenvalue weighted by Crippen LogP contribution is -2.13. The highest BCUT2D eigenvalue weighted by molar-refractivity contribution is 5.36. The van der Waals surface area contributed by atoms with Crippen molar-refractivity contribution in [2.75, 3.05) is 13.6 Å². The summed E-state index contributed by atoms with van der Waals surface area (Å²) in [5, 5.41) is 3.20. The molecule has 0 aromatic heterocycles. The van der Waals surface area contributed by atoms with E-state index in [4.69, 9.17) is 0 Å². The van der Waals surface area contributed by atoms with Crippen LogP contribution >= 0.6 is 0 Å². The third-order valence-corrected chi connectivity index (χ3v) is 3.75. The SMILES string of the molecule is CNCCC(c1ccc(C)cc1)c1ccc(F)c(C)c1. The zero-order valence-corrected chi connectivity index (χ0v) is 12.4. The second-order valence-electron chi connectivity index (χ2n) is 5.36. The van der Waals surface area contributed by atoms with Gasteiger partial charge in [0.1, 0.15) is 5.82 Å². The Morgan fingerprint density at radius 3 is 2.25 bits per heavy atom. The third kappa shape index (κ3) is 3.45. The summed E-state index contributed by atoms with van der Waals surface area (Å²) in [4.78, 5) is 0. The topological polar surface area (TPSA) is 12.0 Å². The van der Waals surface area contributed by atoms with E-state index in [2.05, 4.69) is 36.5 Å². The fraction of sp³-hybridized carbons (Fsp3) is 0.333. The van der Waals surface area contributed by atoms with Crippen LogP contribution in [-0.2, 0) is 0 Å². The van der Waals surface area contributed by atoms with E-state index in [1.165, 1.54) is 16.7 Å². The number of halogens is 1. The molecule has 0 saturated heterocycles. The molecule has 0 aliphatic carbocycles. The maximum Gasteiger partial charge on any atom is 0.126 e. The molecule has 0 aliphatic rings. The molecule has 0 amide bonds. The van der Waals surface area contributed by atoms with Crippen molar-refractivity contribution in [2.24, 2.45) is 0 Å². The van der Waals surface area contributed by atoms with Crippen LogP contribution < -0.4 is 5.32 Å². The summed E-state index contributed by atoms with van der Waals surface area (Å²) >= 11 is 0. The Morgan fingerprint density at radius 2 is 1.65 bits per heavy atom. The van der Waals surface area contributed by atoms with Crippen LogP contribution in [0.25, 0.3) is 0 Å². The molecular weight excluding hydrogens is 249 g/mol. The molecule has 2 heteroatoms. The second-order valence-corrected chi connectivity index (χ2v) is 5.36. The lowest BCUT2D eigenvalue weighted by molar-refractivity contribution is 0.613. The van der Waals surface area contributed by atoms with E-state index < -0.39 is 0 Å². The van der Waals surface area contributed by atoms with Crippen molar-refractivity contribution < 1.29 is 4.39 Å². The molecule has 0 fully saturated rings. The molecule has 2 aromatic rings. The van der Waals surface area contributed by atoms with Crippen LogP contribution in [0.2, 0.25) is 0 Å². The highest BCUT2D eigenvalue weighted by Crippen LogP contribution is 2.29. The van der Waals surface area contributed by atoms with Gasteiger partial charge in [0.25, 0.3) is 0 Å².